The Hall–Kier alpha value is -0.760. The van der Waals surface area contributed by atoms with Crippen molar-refractivity contribution in [2.75, 3.05) is 7.05 Å². The van der Waals surface area contributed by atoms with Crippen LogP contribution in [0.4, 0.5) is 0 Å². The molecule has 1 aliphatic rings. The minimum absolute atomic E-state index is 0.370. The van der Waals surface area contributed by atoms with Crippen molar-refractivity contribution in [1.29, 1.82) is 0 Å². The Balaban J connectivity index is 2.52. The molecule has 44 valence electrons. The first-order valence-corrected chi connectivity index (χ1v) is 2.63. The zero-order chi connectivity index (χ0) is 5.98. The highest BCUT2D eigenvalue weighted by atomic mass is 15.5. The van der Waals surface area contributed by atoms with E-state index in [2.05, 4.69) is 12.0 Å². The van der Waals surface area contributed by atoms with Crippen LogP contribution in [-0.4, -0.2) is 18.1 Å². The molecule has 0 aromatic carbocycles. The lowest BCUT2D eigenvalue weighted by atomic mass is 10.3. The second-order valence-corrected chi connectivity index (χ2v) is 1.83. The molecule has 2 nitrogen and oxygen atoms in total. The topological polar surface area (TPSA) is 15.3 Å². The predicted molar refractivity (Wildman–Crippen MR) is 34.0 cm³/mol. The minimum atomic E-state index is 0.370. The number of nitrogens with one attached hydrogen (secondary N) is 1. The van der Waals surface area contributed by atoms with Crippen LogP contribution in [0.3, 0.4) is 0 Å². The van der Waals surface area contributed by atoms with Crippen molar-refractivity contribution in [2.24, 2.45) is 0 Å². The maximum absolute atomic E-state index is 3.66. The number of hydrazine groups is 1. The molecular weight excluding hydrogens is 100 g/mol. The summed E-state index contributed by atoms with van der Waals surface area (Å²) < 4.78 is 0. The molecule has 8 heavy (non-hydrogen) atoms. The van der Waals surface area contributed by atoms with Crippen LogP contribution >= 0.6 is 0 Å². The highest BCUT2D eigenvalue weighted by Gasteiger charge is 2.08. The number of likely N-dealkylation sites (N-methyl/N-ethyl adjacent to an activating group) is 1. The third kappa shape index (κ3) is 0.746. The van der Waals surface area contributed by atoms with Crippen LogP contribution < -0.4 is 5.43 Å². The Morgan fingerprint density at radius 3 is 2.88 bits per heavy atom. The molecule has 0 aliphatic carbocycles. The van der Waals surface area contributed by atoms with E-state index in [4.69, 9.17) is 0 Å². The summed E-state index contributed by atoms with van der Waals surface area (Å²) in [7, 11) is 1.98. The zero-order valence-electron chi connectivity index (χ0n) is 4.96. The van der Waals surface area contributed by atoms with E-state index in [0.29, 0.717) is 6.04 Å². The third-order valence-electron chi connectivity index (χ3n) is 1.26. The van der Waals surface area contributed by atoms with Gasteiger partial charge in [-0.1, -0.05) is 6.08 Å². The molecular formula is C6H10N2. The van der Waals surface area contributed by atoms with Gasteiger partial charge >= 0.3 is 0 Å². The van der Waals surface area contributed by atoms with Gasteiger partial charge in [0.1, 0.15) is 0 Å². The Morgan fingerprint density at radius 1 is 1.88 bits per heavy atom. The van der Waals surface area contributed by atoms with Crippen LogP contribution in [0.5, 0.6) is 0 Å². The molecule has 0 saturated carbocycles. The molecule has 0 amide bonds. The molecule has 0 aromatic heterocycles. The van der Waals surface area contributed by atoms with Crippen molar-refractivity contribution >= 4 is 0 Å². The van der Waals surface area contributed by atoms with E-state index in [9.17, 15) is 0 Å². The summed E-state index contributed by atoms with van der Waals surface area (Å²) in [5.41, 5.74) is 3.00. The summed E-state index contributed by atoms with van der Waals surface area (Å²) in [6, 6.07) is 0.370. The lowest BCUT2D eigenvalue weighted by Crippen LogP contribution is -2.31. The largest absolute Gasteiger partial charge is 0.326 e. The quantitative estimate of drug-likeness (QED) is 0.494. The first-order chi connectivity index (χ1) is 3.84. The van der Waals surface area contributed by atoms with Crippen molar-refractivity contribution in [3.05, 3.63) is 24.9 Å². The van der Waals surface area contributed by atoms with E-state index < -0.39 is 0 Å². The van der Waals surface area contributed by atoms with Crippen molar-refractivity contribution in [2.45, 2.75) is 6.04 Å². The molecule has 1 heterocycles. The first-order valence-electron chi connectivity index (χ1n) is 2.63. The van der Waals surface area contributed by atoms with Gasteiger partial charge in [-0.3, -0.25) is 0 Å². The van der Waals surface area contributed by atoms with Crippen molar-refractivity contribution in [3.63, 3.8) is 0 Å². The van der Waals surface area contributed by atoms with Crippen LogP contribution in [0.2, 0.25) is 0 Å². The molecule has 0 saturated heterocycles. The van der Waals surface area contributed by atoms with Crippen molar-refractivity contribution < 1.29 is 0 Å². The zero-order valence-corrected chi connectivity index (χ0v) is 4.96. The van der Waals surface area contributed by atoms with Gasteiger partial charge in [-0.25, -0.2) is 5.01 Å². The van der Waals surface area contributed by atoms with Gasteiger partial charge in [0.2, 0.25) is 0 Å². The van der Waals surface area contributed by atoms with Crippen LogP contribution in [0.1, 0.15) is 0 Å². The second-order valence-electron chi connectivity index (χ2n) is 1.83. The molecule has 1 atom stereocenters. The highest BCUT2D eigenvalue weighted by molar-refractivity contribution is 5.06. The predicted octanol–water partition coefficient (Wildman–Crippen LogP) is 0.505. The molecule has 1 N–H and O–H groups in total. The van der Waals surface area contributed by atoms with Crippen molar-refractivity contribution in [3.8, 4) is 0 Å². The van der Waals surface area contributed by atoms with E-state index in [-0.39, 0.29) is 0 Å². The lowest BCUT2D eigenvalue weighted by Gasteiger charge is -2.14. The second kappa shape index (κ2) is 2.01. The van der Waals surface area contributed by atoms with Gasteiger partial charge in [-0.05, 0) is 6.08 Å². The smallest absolute Gasteiger partial charge is 0.0663 e. The average Bonchev–Trinajstić information content (AvgIpc) is 2.14. The van der Waals surface area contributed by atoms with Crippen molar-refractivity contribution in [1.82, 2.24) is 10.4 Å². The normalized spacial score (nSPS) is 27.9. The third-order valence-corrected chi connectivity index (χ3v) is 1.26. The molecule has 1 rings (SSSR count). The van der Waals surface area contributed by atoms with Crippen LogP contribution in [-0.2, 0) is 0 Å². The number of nitrogens with zero attached hydrogens (tertiary/aromatic N) is 1. The lowest BCUT2D eigenvalue weighted by molar-refractivity contribution is 0.286. The van der Waals surface area contributed by atoms with E-state index in [1.807, 2.05) is 30.4 Å². The Morgan fingerprint density at radius 2 is 2.62 bits per heavy atom. The Bertz CT molecular complexity index is 118. The van der Waals surface area contributed by atoms with Gasteiger partial charge in [-0.2, -0.15) is 0 Å². The van der Waals surface area contributed by atoms with Gasteiger partial charge in [0.25, 0.3) is 0 Å². The molecule has 0 radical (unpaired) electrons. The van der Waals surface area contributed by atoms with Gasteiger partial charge in [0.05, 0.1) is 6.04 Å². The van der Waals surface area contributed by atoms with E-state index in [1.54, 1.807) is 0 Å². The highest BCUT2D eigenvalue weighted by Crippen LogP contribution is 2.00. The molecule has 0 fully saturated rings. The molecule has 0 bridgehead atoms. The minimum Gasteiger partial charge on any atom is -0.326 e. The van der Waals surface area contributed by atoms with E-state index >= 15 is 0 Å². The van der Waals surface area contributed by atoms with Crippen LogP contribution in [0.15, 0.2) is 24.9 Å². The number of hydrogen-bond donors (Lipinski definition) is 1. The summed E-state index contributed by atoms with van der Waals surface area (Å²) in [6.45, 7) is 3.66. The summed E-state index contributed by atoms with van der Waals surface area (Å²) in [5.74, 6) is 0. The molecule has 1 unspecified atom stereocenters. The fraction of sp³-hybridized carbons (Fsp3) is 0.333. The molecule has 0 spiro atoms. The van der Waals surface area contributed by atoms with E-state index in [0.717, 1.165) is 0 Å². The summed E-state index contributed by atoms with van der Waals surface area (Å²) in [5, 5.41) is 1.98. The summed E-state index contributed by atoms with van der Waals surface area (Å²) >= 11 is 0. The van der Waals surface area contributed by atoms with Crippen LogP contribution in [0, 0.1) is 0 Å². The van der Waals surface area contributed by atoms with Crippen LogP contribution in [0.25, 0.3) is 0 Å². The Kier molecular flexibility index (Phi) is 1.35. The molecule has 0 aromatic rings. The van der Waals surface area contributed by atoms with Gasteiger partial charge in [-0.15, -0.1) is 6.58 Å². The number of rotatable bonds is 1. The monoisotopic (exact) mass is 110 g/mol. The molecule has 1 aliphatic heterocycles. The maximum Gasteiger partial charge on any atom is 0.0663 e. The van der Waals surface area contributed by atoms with Gasteiger partial charge < -0.3 is 5.43 Å². The maximum atomic E-state index is 3.66. The van der Waals surface area contributed by atoms with Gasteiger partial charge in [0, 0.05) is 13.2 Å². The summed E-state index contributed by atoms with van der Waals surface area (Å²) in [4.78, 5) is 0. The van der Waals surface area contributed by atoms with Gasteiger partial charge in [0.15, 0.2) is 0 Å². The standard InChI is InChI=1S/C6H10N2/c1-3-6-4-5-7-8(6)2/h3-7H,1H2,2H3. The Labute approximate surface area is 49.5 Å². The fourth-order valence-electron chi connectivity index (χ4n) is 0.711. The molecule has 2 heteroatoms. The SMILES string of the molecule is C=CC1C=CNN1C. The summed E-state index contributed by atoms with van der Waals surface area (Å²) in [6.07, 6.45) is 5.84. The fourth-order valence-corrected chi connectivity index (χ4v) is 0.711. The number of hydrogen-bond acceptors (Lipinski definition) is 2. The first kappa shape index (κ1) is 5.38. The van der Waals surface area contributed by atoms with E-state index in [1.165, 1.54) is 0 Å². The average molecular weight is 110 g/mol.